The first-order valence-electron chi connectivity index (χ1n) is 8.46. The number of piperazine rings is 1. The Hall–Kier alpha value is -1.08. The molecule has 1 aromatic carbocycles. The van der Waals surface area contributed by atoms with Gasteiger partial charge in [-0.05, 0) is 37.7 Å². The predicted molar refractivity (Wildman–Crippen MR) is 104 cm³/mol. The van der Waals surface area contributed by atoms with Crippen LogP contribution >= 0.6 is 24.8 Å². The first-order chi connectivity index (χ1) is 11.2. The van der Waals surface area contributed by atoms with E-state index in [0.29, 0.717) is 11.3 Å². The number of halogens is 3. The van der Waals surface area contributed by atoms with Gasteiger partial charge in [-0.2, -0.15) is 0 Å². The Morgan fingerprint density at radius 2 is 2.00 bits per heavy atom. The van der Waals surface area contributed by atoms with E-state index in [0.717, 1.165) is 52.2 Å². The van der Waals surface area contributed by atoms with Crippen LogP contribution in [0.1, 0.15) is 23.7 Å². The van der Waals surface area contributed by atoms with E-state index in [1.165, 1.54) is 6.07 Å². The molecule has 0 bridgehead atoms. The second-order valence-corrected chi connectivity index (χ2v) is 6.25. The number of nitrogens with one attached hydrogen (secondary N) is 2. The molecule has 2 aliphatic heterocycles. The fourth-order valence-electron chi connectivity index (χ4n) is 3.26. The van der Waals surface area contributed by atoms with Crippen molar-refractivity contribution in [1.82, 2.24) is 15.5 Å². The molecule has 2 heterocycles. The van der Waals surface area contributed by atoms with Crippen LogP contribution in [0.4, 0.5) is 10.1 Å². The summed E-state index contributed by atoms with van der Waals surface area (Å²) in [6.45, 7) is 8.43. The molecule has 1 atom stereocenters. The number of anilines is 1. The monoisotopic (exact) mass is 392 g/mol. The van der Waals surface area contributed by atoms with Gasteiger partial charge in [0.05, 0.1) is 5.69 Å². The normalized spacial score (nSPS) is 20.6. The number of hydrogen-bond acceptors (Lipinski definition) is 4. The molecule has 5 nitrogen and oxygen atoms in total. The van der Waals surface area contributed by atoms with Crippen molar-refractivity contribution < 1.29 is 9.18 Å². The summed E-state index contributed by atoms with van der Waals surface area (Å²) in [7, 11) is 0. The van der Waals surface area contributed by atoms with Crippen molar-refractivity contribution in [2.75, 3.05) is 50.7 Å². The average Bonchev–Trinajstić information content (AvgIpc) is 3.08. The summed E-state index contributed by atoms with van der Waals surface area (Å²) in [5.74, 6) is -0.507. The Balaban J connectivity index is 0.00000156. The van der Waals surface area contributed by atoms with E-state index in [1.54, 1.807) is 12.1 Å². The third kappa shape index (κ3) is 5.45. The Bertz CT molecular complexity index is 562. The third-order valence-electron chi connectivity index (χ3n) is 4.77. The first-order valence-corrected chi connectivity index (χ1v) is 8.46. The molecule has 0 spiro atoms. The van der Waals surface area contributed by atoms with E-state index >= 15 is 0 Å². The Morgan fingerprint density at radius 3 is 2.56 bits per heavy atom. The van der Waals surface area contributed by atoms with Gasteiger partial charge >= 0.3 is 0 Å². The quantitative estimate of drug-likeness (QED) is 0.821. The lowest BCUT2D eigenvalue weighted by Crippen LogP contribution is -2.46. The smallest absolute Gasteiger partial charge is 0.251 e. The highest BCUT2D eigenvalue weighted by atomic mass is 35.5. The molecule has 0 saturated carbocycles. The Kier molecular flexibility index (Phi) is 8.93. The average molecular weight is 393 g/mol. The minimum atomic E-state index is -0.313. The number of hydrogen-bond donors (Lipinski definition) is 2. The predicted octanol–water partition coefficient (Wildman–Crippen LogP) is 1.90. The van der Waals surface area contributed by atoms with Crippen LogP contribution in [0.5, 0.6) is 0 Å². The summed E-state index contributed by atoms with van der Waals surface area (Å²) in [6.07, 6.45) is 0.925. The fraction of sp³-hybridized carbons (Fsp3) is 0.588. The summed E-state index contributed by atoms with van der Waals surface area (Å²) >= 11 is 0. The van der Waals surface area contributed by atoms with Crippen molar-refractivity contribution >= 4 is 36.4 Å². The van der Waals surface area contributed by atoms with Gasteiger partial charge in [0.25, 0.3) is 5.91 Å². The molecule has 2 aliphatic rings. The van der Waals surface area contributed by atoms with E-state index in [9.17, 15) is 9.18 Å². The lowest BCUT2D eigenvalue weighted by atomic mass is 10.1. The minimum Gasteiger partial charge on any atom is -0.367 e. The highest BCUT2D eigenvalue weighted by molar-refractivity contribution is 5.94. The highest BCUT2D eigenvalue weighted by Gasteiger charge is 2.21. The number of rotatable bonds is 4. The maximum Gasteiger partial charge on any atom is 0.251 e. The van der Waals surface area contributed by atoms with E-state index < -0.39 is 0 Å². The van der Waals surface area contributed by atoms with E-state index in [1.807, 2.05) is 0 Å². The minimum absolute atomic E-state index is 0. The van der Waals surface area contributed by atoms with Crippen molar-refractivity contribution in [2.45, 2.75) is 19.4 Å². The van der Waals surface area contributed by atoms with Crippen molar-refractivity contribution in [3.63, 3.8) is 0 Å². The van der Waals surface area contributed by atoms with Crippen LogP contribution in [0.15, 0.2) is 18.2 Å². The van der Waals surface area contributed by atoms with Crippen molar-refractivity contribution in [3.05, 3.63) is 29.6 Å². The molecule has 0 radical (unpaired) electrons. The number of carbonyl (C=O) groups is 1. The summed E-state index contributed by atoms with van der Waals surface area (Å²) in [6, 6.07) is 4.97. The van der Waals surface area contributed by atoms with Crippen LogP contribution < -0.4 is 15.5 Å². The summed E-state index contributed by atoms with van der Waals surface area (Å²) in [4.78, 5) is 16.6. The van der Waals surface area contributed by atoms with Gasteiger partial charge in [0.2, 0.25) is 0 Å². The lowest BCUT2D eigenvalue weighted by molar-refractivity contribution is 0.0939. The summed E-state index contributed by atoms with van der Waals surface area (Å²) in [5.41, 5.74) is 0.991. The molecular formula is C17H27Cl2FN4O. The zero-order valence-electron chi connectivity index (χ0n) is 14.5. The van der Waals surface area contributed by atoms with E-state index in [-0.39, 0.29) is 42.6 Å². The largest absolute Gasteiger partial charge is 0.367 e. The van der Waals surface area contributed by atoms with Crippen LogP contribution in [0.2, 0.25) is 0 Å². The third-order valence-corrected chi connectivity index (χ3v) is 4.77. The Labute approximate surface area is 161 Å². The van der Waals surface area contributed by atoms with E-state index in [2.05, 4.69) is 27.4 Å². The molecule has 25 heavy (non-hydrogen) atoms. The highest BCUT2D eigenvalue weighted by Crippen LogP contribution is 2.22. The number of benzene rings is 1. The van der Waals surface area contributed by atoms with Gasteiger partial charge in [0.15, 0.2) is 0 Å². The number of amides is 1. The van der Waals surface area contributed by atoms with Gasteiger partial charge in [-0.1, -0.05) is 6.92 Å². The molecule has 1 aromatic rings. The summed E-state index contributed by atoms with van der Waals surface area (Å²) in [5, 5.41) is 6.15. The lowest BCUT2D eigenvalue weighted by Gasteiger charge is -2.35. The Morgan fingerprint density at radius 1 is 1.28 bits per heavy atom. The van der Waals surface area contributed by atoms with Crippen molar-refractivity contribution in [3.8, 4) is 0 Å². The van der Waals surface area contributed by atoms with Gasteiger partial charge in [-0.25, -0.2) is 4.39 Å². The standard InChI is InChI=1S/C17H25FN4O.2ClH/c1-2-21-7-9-22(10-8-21)16-4-3-13(11-15(16)18)17(23)20-14-5-6-19-12-14;;/h3-4,11,14,19H,2,5-10,12H2,1H3,(H,20,23);2*1H. The van der Waals surface area contributed by atoms with Gasteiger partial charge in [-0.3, -0.25) is 4.79 Å². The molecule has 2 N–H and O–H groups in total. The summed E-state index contributed by atoms with van der Waals surface area (Å²) < 4.78 is 14.4. The van der Waals surface area contributed by atoms with Crippen LogP contribution in [0.3, 0.4) is 0 Å². The topological polar surface area (TPSA) is 47.6 Å². The van der Waals surface area contributed by atoms with Gasteiger partial charge in [0.1, 0.15) is 5.82 Å². The van der Waals surface area contributed by atoms with Crippen LogP contribution in [0, 0.1) is 5.82 Å². The maximum atomic E-state index is 14.4. The molecule has 2 fully saturated rings. The van der Waals surface area contributed by atoms with Crippen LogP contribution in [-0.4, -0.2) is 62.7 Å². The number of nitrogens with zero attached hydrogens (tertiary/aromatic N) is 2. The van der Waals surface area contributed by atoms with Crippen molar-refractivity contribution in [1.29, 1.82) is 0 Å². The first kappa shape index (κ1) is 22.0. The molecule has 2 saturated heterocycles. The molecule has 8 heteroatoms. The van der Waals surface area contributed by atoms with Gasteiger partial charge in [-0.15, -0.1) is 24.8 Å². The molecule has 1 unspecified atom stereocenters. The maximum absolute atomic E-state index is 14.4. The number of likely N-dealkylation sites (N-methyl/N-ethyl adjacent to an activating group) is 1. The second kappa shape index (κ2) is 10.2. The molecule has 0 aromatic heterocycles. The molecular weight excluding hydrogens is 366 g/mol. The van der Waals surface area contributed by atoms with Crippen LogP contribution in [-0.2, 0) is 0 Å². The van der Waals surface area contributed by atoms with Gasteiger partial charge in [0, 0.05) is 44.3 Å². The van der Waals surface area contributed by atoms with Crippen LogP contribution in [0.25, 0.3) is 0 Å². The zero-order valence-corrected chi connectivity index (χ0v) is 16.1. The molecule has 0 aliphatic carbocycles. The van der Waals surface area contributed by atoms with E-state index in [4.69, 9.17) is 0 Å². The molecule has 3 rings (SSSR count). The van der Waals surface area contributed by atoms with Gasteiger partial charge < -0.3 is 20.4 Å². The SMILES string of the molecule is CCN1CCN(c2ccc(C(=O)NC3CCNC3)cc2F)CC1.Cl.Cl. The zero-order chi connectivity index (χ0) is 16.2. The fourth-order valence-corrected chi connectivity index (χ4v) is 3.26. The molecule has 142 valence electrons. The number of carbonyl (C=O) groups excluding carboxylic acids is 1. The second-order valence-electron chi connectivity index (χ2n) is 6.25. The molecule has 1 amide bonds. The van der Waals surface area contributed by atoms with Crippen molar-refractivity contribution in [2.24, 2.45) is 0 Å².